The number of aliphatic hydroxyl groups is 2. The Morgan fingerprint density at radius 2 is 1.09 bits per heavy atom. The molecule has 10 heterocycles. The van der Waals surface area contributed by atoms with Crippen LogP contribution in [-0.4, -0.2) is 67.7 Å². The fourth-order valence-corrected chi connectivity index (χ4v) is 11.0. The number of nitrogens with zero attached hydrogens (tertiary/aromatic N) is 4. The minimum atomic E-state index is -1.84. The van der Waals surface area contributed by atoms with Gasteiger partial charge in [0, 0.05) is 56.3 Å². The molecule has 0 spiro atoms. The Bertz CT molecular complexity index is 3350. The third kappa shape index (κ3) is 6.76. The minimum absolute atomic E-state index is 0. The van der Waals surface area contributed by atoms with Crippen LogP contribution >= 0.6 is 0 Å². The second-order valence-electron chi connectivity index (χ2n) is 18.9. The van der Waals surface area contributed by atoms with Crippen molar-refractivity contribution in [1.29, 1.82) is 0 Å². The molecule has 6 aliphatic heterocycles. The summed E-state index contributed by atoms with van der Waals surface area (Å²) in [5, 5.41) is 24.2. The molecule has 0 unspecified atom stereocenters. The van der Waals surface area contributed by atoms with Gasteiger partial charge in [-0.15, -0.1) is 0 Å². The molecule has 6 aliphatic rings. The number of rotatable bonds is 5. The Balaban J connectivity index is 0.000000169. The smallest absolute Gasteiger partial charge is 0.343 e. The molecule has 0 saturated carbocycles. The van der Waals surface area contributed by atoms with E-state index in [9.17, 15) is 29.4 Å². The standard InChI is InChI=1S/C27H28N2O6.C25H24N2O6.2CH4/c1-5-14-15-11-29-19(9-17-16(25(29)30)12-35-26(31)27(17,32)6-2)23(15)28-18-10-20-24(34-8-7-33-20)21(13(3)4)22(14)18;1-4-25(30)16-8-18-21-13(10-27(18)23(28)15(16)11-33-24(25)29)7-14-17(26-21)9-19-22(20(14)12(2)3)32-6-5-31-19;;/h9-10,13,32H,5-8,11-12H2,1-4H3;7-9,12,30H,4-6,10-11H2,1-3H3;2*1H4/t27-;25-;;/m00../s1. The quantitative estimate of drug-likeness (QED) is 0.159. The van der Waals surface area contributed by atoms with Gasteiger partial charge >= 0.3 is 11.9 Å². The van der Waals surface area contributed by atoms with E-state index in [-0.39, 0.29) is 63.9 Å². The van der Waals surface area contributed by atoms with Crippen molar-refractivity contribution in [3.8, 4) is 45.8 Å². The van der Waals surface area contributed by atoms with Crippen LogP contribution in [0.3, 0.4) is 0 Å². The van der Waals surface area contributed by atoms with Gasteiger partial charge in [0.05, 0.1) is 58.0 Å². The maximum atomic E-state index is 13.6. The highest BCUT2D eigenvalue weighted by molar-refractivity contribution is 5.95. The van der Waals surface area contributed by atoms with Gasteiger partial charge in [-0.25, -0.2) is 19.6 Å². The molecule has 16 nitrogen and oxygen atoms in total. The number of carbonyl (C=O) groups is 2. The van der Waals surface area contributed by atoms with Crippen molar-refractivity contribution in [2.75, 3.05) is 26.4 Å². The fourth-order valence-electron chi connectivity index (χ4n) is 11.0. The number of aryl methyl sites for hydroxylation is 1. The first kappa shape index (κ1) is 48.3. The average molecular weight is 957 g/mol. The topological polar surface area (TPSA) is 200 Å². The molecule has 368 valence electrons. The molecule has 12 rings (SSSR count). The lowest BCUT2D eigenvalue weighted by molar-refractivity contribution is -0.172. The zero-order valence-electron chi connectivity index (χ0n) is 39.1. The first-order valence-corrected chi connectivity index (χ1v) is 23.5. The number of hydrogen-bond acceptors (Lipinski definition) is 14. The summed E-state index contributed by atoms with van der Waals surface area (Å²) in [5.74, 6) is 1.82. The van der Waals surface area contributed by atoms with Crippen LogP contribution in [0.4, 0.5) is 0 Å². The highest BCUT2D eigenvalue weighted by atomic mass is 16.6. The third-order valence-electron chi connectivity index (χ3n) is 14.5. The molecule has 6 aromatic rings. The van der Waals surface area contributed by atoms with Crippen LogP contribution in [0.15, 0.2) is 39.9 Å². The molecule has 4 aromatic heterocycles. The Hall–Kier alpha value is -6.78. The zero-order valence-corrected chi connectivity index (χ0v) is 39.1. The summed E-state index contributed by atoms with van der Waals surface area (Å²) in [4.78, 5) is 61.7. The summed E-state index contributed by atoms with van der Waals surface area (Å²) in [7, 11) is 0. The van der Waals surface area contributed by atoms with E-state index in [2.05, 4.69) is 40.7 Å². The molecule has 2 aromatic carbocycles. The molecule has 0 radical (unpaired) electrons. The van der Waals surface area contributed by atoms with Gasteiger partial charge in [-0.2, -0.15) is 0 Å². The van der Waals surface area contributed by atoms with Gasteiger partial charge < -0.3 is 47.8 Å². The van der Waals surface area contributed by atoms with Crippen LogP contribution in [0, 0.1) is 0 Å². The molecule has 2 N–H and O–H groups in total. The Labute approximate surface area is 405 Å². The predicted molar refractivity (Wildman–Crippen MR) is 262 cm³/mol. The van der Waals surface area contributed by atoms with E-state index in [0.29, 0.717) is 96.0 Å². The van der Waals surface area contributed by atoms with E-state index >= 15 is 0 Å². The number of fused-ring (bicyclic) bond motifs is 12. The molecular formula is C54H60N4O12. The first-order chi connectivity index (χ1) is 32.6. The van der Waals surface area contributed by atoms with E-state index in [4.69, 9.17) is 38.4 Å². The molecule has 0 aliphatic carbocycles. The summed E-state index contributed by atoms with van der Waals surface area (Å²) in [5.41, 5.74) is 6.37. The van der Waals surface area contributed by atoms with Crippen molar-refractivity contribution in [2.45, 2.75) is 132 Å². The largest absolute Gasteiger partial charge is 0.486 e. The summed E-state index contributed by atoms with van der Waals surface area (Å²) in [6.07, 6.45) is 0.978. The summed E-state index contributed by atoms with van der Waals surface area (Å²) >= 11 is 0. The average Bonchev–Trinajstić information content (AvgIpc) is 3.89. The Morgan fingerprint density at radius 3 is 1.61 bits per heavy atom. The second kappa shape index (κ2) is 17.3. The van der Waals surface area contributed by atoms with Crippen LogP contribution in [0.2, 0.25) is 0 Å². The number of esters is 2. The molecule has 70 heavy (non-hydrogen) atoms. The van der Waals surface area contributed by atoms with E-state index in [1.807, 2.05) is 12.1 Å². The normalized spacial score (nSPS) is 19.6. The van der Waals surface area contributed by atoms with Crippen molar-refractivity contribution in [3.05, 3.63) is 101 Å². The van der Waals surface area contributed by atoms with Crippen LogP contribution in [0.1, 0.15) is 138 Å². The van der Waals surface area contributed by atoms with Crippen LogP contribution < -0.4 is 30.1 Å². The van der Waals surface area contributed by atoms with Gasteiger partial charge in [0.15, 0.2) is 34.2 Å². The highest BCUT2D eigenvalue weighted by Crippen LogP contribution is 2.49. The van der Waals surface area contributed by atoms with Gasteiger partial charge in [0.25, 0.3) is 11.1 Å². The maximum absolute atomic E-state index is 13.6. The summed E-state index contributed by atoms with van der Waals surface area (Å²) in [6, 6.07) is 9.37. The SMILES string of the molecule is C.C.CC[C@@]1(O)C(=O)OCc2c1cc1n(c2=O)Cc2cc3c(C(C)C)c4c(cc3nc2-1)OCCO4.CCc1c2c(nc3cc4c(c(C(C)C)c13)OCCO4)-c1cc3c(c(=O)n1C2)COC(=O)[C@]3(O)CC. The van der Waals surface area contributed by atoms with Crippen LogP contribution in [0.5, 0.6) is 23.0 Å². The molecule has 0 bridgehead atoms. The van der Waals surface area contributed by atoms with Gasteiger partial charge in [0.1, 0.15) is 39.6 Å². The summed E-state index contributed by atoms with van der Waals surface area (Å²) in [6.45, 7) is 16.4. The van der Waals surface area contributed by atoms with E-state index < -0.39 is 23.1 Å². The van der Waals surface area contributed by atoms with Gasteiger partial charge in [-0.1, -0.05) is 63.3 Å². The summed E-state index contributed by atoms with van der Waals surface area (Å²) < 4.78 is 37.5. The Morgan fingerprint density at radius 1 is 0.600 bits per heavy atom. The number of cyclic esters (lactones) is 2. The number of ether oxygens (including phenoxy) is 6. The van der Waals surface area contributed by atoms with E-state index in [1.54, 1.807) is 35.1 Å². The number of pyridine rings is 4. The maximum Gasteiger partial charge on any atom is 0.343 e. The molecule has 2 atom stereocenters. The predicted octanol–water partition coefficient (Wildman–Crippen LogP) is 7.78. The lowest BCUT2D eigenvalue weighted by Gasteiger charge is -2.31. The van der Waals surface area contributed by atoms with Gasteiger partial charge in [-0.05, 0) is 54.9 Å². The lowest BCUT2D eigenvalue weighted by Crippen LogP contribution is -2.44. The van der Waals surface area contributed by atoms with Crippen LogP contribution in [-0.2, 0) is 63.0 Å². The lowest BCUT2D eigenvalue weighted by atomic mass is 9.86. The number of hydrogen-bond donors (Lipinski definition) is 2. The Kier molecular flexibility index (Phi) is 11.9. The number of aromatic nitrogens is 4. The van der Waals surface area contributed by atoms with Crippen LogP contribution in [0.25, 0.3) is 44.6 Å². The highest BCUT2D eigenvalue weighted by Gasteiger charge is 2.47. The monoisotopic (exact) mass is 956 g/mol. The third-order valence-corrected chi connectivity index (χ3v) is 14.5. The van der Waals surface area contributed by atoms with Crippen molar-refractivity contribution in [3.63, 3.8) is 0 Å². The van der Waals surface area contributed by atoms with Crippen molar-refractivity contribution in [1.82, 2.24) is 19.1 Å². The zero-order chi connectivity index (χ0) is 47.7. The van der Waals surface area contributed by atoms with Gasteiger partial charge in [0.2, 0.25) is 0 Å². The number of benzene rings is 2. The molecular weight excluding hydrogens is 897 g/mol. The van der Waals surface area contributed by atoms with Gasteiger partial charge in [-0.3, -0.25) is 9.59 Å². The van der Waals surface area contributed by atoms with Crippen molar-refractivity contribution in [2.24, 2.45) is 0 Å². The molecule has 0 saturated heterocycles. The number of carbonyl (C=O) groups excluding carboxylic acids is 2. The molecule has 0 amide bonds. The molecule has 0 fully saturated rings. The minimum Gasteiger partial charge on any atom is -0.486 e. The first-order valence-electron chi connectivity index (χ1n) is 23.5. The molecule has 16 heteroatoms. The van der Waals surface area contributed by atoms with E-state index in [0.717, 1.165) is 67.5 Å². The van der Waals surface area contributed by atoms with Crippen molar-refractivity contribution >= 4 is 33.7 Å². The fraction of sp³-hybridized carbons (Fsp3) is 0.444. The van der Waals surface area contributed by atoms with E-state index in [1.165, 1.54) is 0 Å². The van der Waals surface area contributed by atoms with Crippen molar-refractivity contribution < 1.29 is 48.2 Å². The second-order valence-corrected chi connectivity index (χ2v) is 18.9.